The first-order valence-electron chi connectivity index (χ1n) is 16.4. The van der Waals surface area contributed by atoms with Gasteiger partial charge < -0.3 is 25.3 Å². The van der Waals surface area contributed by atoms with Crippen molar-refractivity contribution in [3.63, 3.8) is 0 Å². The molecular formula is C37H46N4O2. The number of carbonyl (C=O) groups is 1. The molecule has 0 aliphatic carbocycles. The smallest absolute Gasteiger partial charge is 0.268 e. The van der Waals surface area contributed by atoms with Crippen LogP contribution in [0.1, 0.15) is 85.0 Å². The molecule has 4 aromatic rings. The Morgan fingerprint density at radius 1 is 0.884 bits per heavy atom. The van der Waals surface area contributed by atoms with Gasteiger partial charge in [-0.15, -0.1) is 0 Å². The molecule has 0 bridgehead atoms. The summed E-state index contributed by atoms with van der Waals surface area (Å²) in [6, 6.07) is 28.8. The Kier molecular flexibility index (Phi) is 9.76. The van der Waals surface area contributed by atoms with Gasteiger partial charge in [0.2, 0.25) is 0 Å². The van der Waals surface area contributed by atoms with Gasteiger partial charge in [0.1, 0.15) is 11.4 Å². The highest BCUT2D eigenvalue weighted by molar-refractivity contribution is 6.02. The lowest BCUT2D eigenvalue weighted by molar-refractivity contribution is 0.0943. The summed E-state index contributed by atoms with van der Waals surface area (Å²) in [5.41, 5.74) is 5.31. The number of aromatic nitrogens is 1. The largest absolute Gasteiger partial charge is 0.494 e. The zero-order valence-corrected chi connectivity index (χ0v) is 25.5. The van der Waals surface area contributed by atoms with Crippen LogP contribution in [0.3, 0.4) is 0 Å². The van der Waals surface area contributed by atoms with Crippen molar-refractivity contribution in [3.05, 3.63) is 101 Å². The number of benzene rings is 3. The topological polar surface area (TPSA) is 67.3 Å². The van der Waals surface area contributed by atoms with E-state index < -0.39 is 0 Å². The van der Waals surface area contributed by atoms with Crippen LogP contribution >= 0.6 is 0 Å². The first-order chi connectivity index (χ1) is 21.2. The molecule has 3 N–H and O–H groups in total. The van der Waals surface area contributed by atoms with Gasteiger partial charge in [-0.25, -0.2) is 0 Å². The van der Waals surface area contributed by atoms with Crippen molar-refractivity contribution in [1.29, 1.82) is 0 Å². The summed E-state index contributed by atoms with van der Waals surface area (Å²) in [6.07, 6.45) is 7.84. The number of fused-ring (bicyclic) bond motifs is 1. The van der Waals surface area contributed by atoms with Crippen LogP contribution in [0, 0.1) is 0 Å². The lowest BCUT2D eigenvalue weighted by atomic mass is 9.83. The summed E-state index contributed by atoms with van der Waals surface area (Å²) < 4.78 is 8.45. The van der Waals surface area contributed by atoms with Crippen molar-refractivity contribution in [2.75, 3.05) is 26.2 Å². The molecule has 1 amide bonds. The highest BCUT2D eigenvalue weighted by Gasteiger charge is 2.30. The second kappa shape index (κ2) is 14.2. The van der Waals surface area contributed by atoms with Gasteiger partial charge in [0.05, 0.1) is 6.61 Å². The average Bonchev–Trinajstić information content (AvgIpc) is 3.82. The maximum absolute atomic E-state index is 14.1. The zero-order valence-electron chi connectivity index (χ0n) is 25.5. The fourth-order valence-electron chi connectivity index (χ4n) is 6.96. The van der Waals surface area contributed by atoms with Gasteiger partial charge in [-0.1, -0.05) is 67.6 Å². The minimum atomic E-state index is -0.101. The Morgan fingerprint density at radius 3 is 2.26 bits per heavy atom. The minimum Gasteiger partial charge on any atom is -0.494 e. The van der Waals surface area contributed by atoms with E-state index in [1.54, 1.807) is 0 Å². The van der Waals surface area contributed by atoms with E-state index in [9.17, 15) is 4.79 Å². The first-order valence-corrected chi connectivity index (χ1v) is 16.4. The van der Waals surface area contributed by atoms with Crippen molar-refractivity contribution in [2.45, 2.75) is 76.4 Å². The molecule has 6 nitrogen and oxygen atoms in total. The van der Waals surface area contributed by atoms with E-state index in [1.807, 2.05) is 0 Å². The molecule has 3 unspecified atom stereocenters. The molecule has 3 aromatic carbocycles. The van der Waals surface area contributed by atoms with Crippen molar-refractivity contribution in [2.24, 2.45) is 0 Å². The fourth-order valence-corrected chi connectivity index (χ4v) is 6.96. The minimum absolute atomic E-state index is 0.00818. The number of para-hydroxylation sites is 1. The molecule has 6 rings (SSSR count). The SMILES string of the molecule is CCCNC(=O)c1c(C(c2ccccc2)c2ccc(OCCC3CCCN3)cc2)c2ccccc2n1CCC1CCCN1. The van der Waals surface area contributed by atoms with Gasteiger partial charge in [-0.3, -0.25) is 4.79 Å². The molecule has 226 valence electrons. The molecule has 0 saturated carbocycles. The molecule has 0 radical (unpaired) electrons. The number of hydrogen-bond acceptors (Lipinski definition) is 4. The predicted octanol–water partition coefficient (Wildman–Crippen LogP) is 6.62. The maximum atomic E-state index is 14.1. The van der Waals surface area contributed by atoms with Gasteiger partial charge in [0.15, 0.2) is 0 Å². The van der Waals surface area contributed by atoms with Gasteiger partial charge >= 0.3 is 0 Å². The van der Waals surface area contributed by atoms with Crippen molar-refractivity contribution >= 4 is 16.8 Å². The van der Waals surface area contributed by atoms with Crippen LogP contribution in [0.5, 0.6) is 5.75 Å². The molecule has 3 atom stereocenters. The van der Waals surface area contributed by atoms with Crippen LogP contribution in [0.2, 0.25) is 0 Å². The van der Waals surface area contributed by atoms with Crippen molar-refractivity contribution in [1.82, 2.24) is 20.5 Å². The number of hydrogen-bond donors (Lipinski definition) is 3. The van der Waals surface area contributed by atoms with Crippen LogP contribution in [0.25, 0.3) is 10.9 Å². The summed E-state index contributed by atoms with van der Waals surface area (Å²) >= 11 is 0. The monoisotopic (exact) mass is 578 g/mol. The lowest BCUT2D eigenvalue weighted by Gasteiger charge is -2.22. The Labute approximate surface area is 256 Å². The predicted molar refractivity (Wildman–Crippen MR) is 175 cm³/mol. The van der Waals surface area contributed by atoms with E-state index in [2.05, 4.69) is 106 Å². The lowest BCUT2D eigenvalue weighted by Crippen LogP contribution is -2.29. The Morgan fingerprint density at radius 2 is 1.56 bits per heavy atom. The number of nitrogens with one attached hydrogen (secondary N) is 3. The third kappa shape index (κ3) is 6.81. The quantitative estimate of drug-likeness (QED) is 0.167. The van der Waals surface area contributed by atoms with Gasteiger partial charge in [-0.2, -0.15) is 0 Å². The molecule has 3 heterocycles. The highest BCUT2D eigenvalue weighted by Crippen LogP contribution is 2.41. The number of ether oxygens (including phenoxy) is 1. The van der Waals surface area contributed by atoms with Crippen LogP contribution in [-0.2, 0) is 6.54 Å². The van der Waals surface area contributed by atoms with Crippen molar-refractivity contribution < 1.29 is 9.53 Å². The highest BCUT2D eigenvalue weighted by atomic mass is 16.5. The third-order valence-electron chi connectivity index (χ3n) is 9.16. The molecule has 6 heteroatoms. The second-order valence-electron chi connectivity index (χ2n) is 12.1. The summed E-state index contributed by atoms with van der Waals surface area (Å²) in [4.78, 5) is 14.1. The van der Waals surface area contributed by atoms with Gasteiger partial charge in [-0.05, 0) is 87.4 Å². The zero-order chi connectivity index (χ0) is 29.4. The van der Waals surface area contributed by atoms with E-state index in [0.29, 0.717) is 25.2 Å². The standard InChI is InChI=1S/C37H46N4O2/c1-2-22-40-37(42)36-35(32-14-6-7-15-33(32)41(36)25-20-29-12-8-23-38-29)34(27-10-4-3-5-11-27)28-16-18-31(19-17-28)43-26-21-30-13-9-24-39-30/h3-7,10-11,14-19,29-30,34,38-39H,2,8-9,12-13,20-26H2,1H3,(H,40,42). The molecule has 2 fully saturated rings. The molecular weight excluding hydrogens is 532 g/mol. The third-order valence-corrected chi connectivity index (χ3v) is 9.16. The van der Waals surface area contributed by atoms with Crippen LogP contribution in [0.15, 0.2) is 78.9 Å². The average molecular weight is 579 g/mol. The maximum Gasteiger partial charge on any atom is 0.268 e. The Bertz CT molecular complexity index is 1470. The van der Waals surface area contributed by atoms with Gasteiger partial charge in [0.25, 0.3) is 5.91 Å². The summed E-state index contributed by atoms with van der Waals surface area (Å²) in [6.45, 7) is 6.47. The van der Waals surface area contributed by atoms with E-state index in [1.165, 1.54) is 31.2 Å². The van der Waals surface area contributed by atoms with E-state index in [4.69, 9.17) is 4.74 Å². The van der Waals surface area contributed by atoms with Crippen molar-refractivity contribution in [3.8, 4) is 5.75 Å². The van der Waals surface area contributed by atoms with Crippen LogP contribution in [0.4, 0.5) is 0 Å². The Balaban J connectivity index is 1.40. The molecule has 2 aliphatic heterocycles. The van der Waals surface area contributed by atoms with Gasteiger partial charge in [0, 0.05) is 47.6 Å². The van der Waals surface area contributed by atoms with E-state index in [0.717, 1.165) is 72.4 Å². The molecule has 0 spiro atoms. The second-order valence-corrected chi connectivity index (χ2v) is 12.1. The van der Waals surface area contributed by atoms with Crippen LogP contribution in [-0.4, -0.2) is 48.8 Å². The normalized spacial score (nSPS) is 19.1. The molecule has 43 heavy (non-hydrogen) atoms. The number of carbonyl (C=O) groups excluding carboxylic acids is 1. The number of aryl methyl sites for hydroxylation is 1. The number of nitrogens with zero attached hydrogens (tertiary/aromatic N) is 1. The summed E-state index contributed by atoms with van der Waals surface area (Å²) in [7, 11) is 0. The Hall–Kier alpha value is -3.61. The van der Waals surface area contributed by atoms with E-state index in [-0.39, 0.29) is 11.8 Å². The molecule has 2 saturated heterocycles. The number of amides is 1. The van der Waals surface area contributed by atoms with E-state index >= 15 is 0 Å². The number of rotatable bonds is 13. The molecule has 1 aromatic heterocycles. The molecule has 2 aliphatic rings. The first kappa shape index (κ1) is 29.5. The van der Waals surface area contributed by atoms with Crippen LogP contribution < -0.4 is 20.7 Å². The summed E-state index contributed by atoms with van der Waals surface area (Å²) in [5.74, 6) is 0.797. The fraction of sp³-hybridized carbons (Fsp3) is 0.432. The summed E-state index contributed by atoms with van der Waals surface area (Å²) in [5, 5.41) is 11.6.